The van der Waals surface area contributed by atoms with Crippen molar-refractivity contribution in [2.45, 2.75) is 45.9 Å². The molecule has 7 heteroatoms. The van der Waals surface area contributed by atoms with E-state index < -0.39 is 6.16 Å². The number of hydrogen-bond acceptors (Lipinski definition) is 4. The largest absolute Gasteiger partial charge is 0.506 e. The Bertz CT molecular complexity index is 875. The van der Waals surface area contributed by atoms with Gasteiger partial charge in [-0.05, 0) is 60.7 Å². The molecule has 2 aromatic carbocycles. The maximum Gasteiger partial charge on any atom is 0.506 e. The number of carboxylic acid groups (broad SMARTS) is 1. The summed E-state index contributed by atoms with van der Waals surface area (Å²) in [5.41, 5.74) is 5.37. The molecule has 2 aromatic rings. The van der Waals surface area contributed by atoms with Crippen LogP contribution in [0.2, 0.25) is 10.0 Å². The van der Waals surface area contributed by atoms with Gasteiger partial charge < -0.3 is 15.2 Å². The Morgan fingerprint density at radius 1 is 1.24 bits per heavy atom. The Kier molecular flexibility index (Phi) is 6.93. The van der Waals surface area contributed by atoms with Crippen LogP contribution in [-0.2, 0) is 11.3 Å². The number of benzene rings is 2. The number of halogens is 2. The Hall–Kier alpha value is -1.95. The maximum atomic E-state index is 10.6. The second kappa shape index (κ2) is 9.24. The predicted molar refractivity (Wildman–Crippen MR) is 117 cm³/mol. The molecule has 1 saturated heterocycles. The molecule has 0 radical (unpaired) electrons. The van der Waals surface area contributed by atoms with Crippen LogP contribution >= 0.6 is 23.2 Å². The highest BCUT2D eigenvalue weighted by atomic mass is 35.5. The van der Waals surface area contributed by atoms with Crippen LogP contribution in [-0.4, -0.2) is 35.4 Å². The van der Waals surface area contributed by atoms with Gasteiger partial charge in [0.1, 0.15) is 6.10 Å². The number of anilines is 1. The lowest BCUT2D eigenvalue weighted by Gasteiger charge is -2.37. The summed E-state index contributed by atoms with van der Waals surface area (Å²) >= 11 is 12.7. The number of likely N-dealkylation sites (tertiary alicyclic amines) is 1. The van der Waals surface area contributed by atoms with Gasteiger partial charge in [-0.25, -0.2) is 4.79 Å². The molecule has 1 aliphatic rings. The number of nitrogens with one attached hydrogen (secondary N) is 1. The van der Waals surface area contributed by atoms with Crippen molar-refractivity contribution in [3.8, 4) is 0 Å². The van der Waals surface area contributed by atoms with E-state index in [4.69, 9.17) is 33.0 Å². The molecule has 0 aromatic heterocycles. The van der Waals surface area contributed by atoms with Crippen LogP contribution in [0.5, 0.6) is 0 Å². The minimum Gasteiger partial charge on any atom is -0.450 e. The number of nitrogens with zero attached hydrogens (tertiary/aromatic N) is 1. The van der Waals surface area contributed by atoms with E-state index in [0.717, 1.165) is 33.8 Å². The maximum absolute atomic E-state index is 10.6. The van der Waals surface area contributed by atoms with E-state index in [0.29, 0.717) is 24.7 Å². The summed E-state index contributed by atoms with van der Waals surface area (Å²) in [7, 11) is 0. The second-order valence-corrected chi connectivity index (χ2v) is 8.37. The van der Waals surface area contributed by atoms with Gasteiger partial charge in [-0.2, -0.15) is 0 Å². The van der Waals surface area contributed by atoms with Crippen molar-refractivity contribution in [1.29, 1.82) is 0 Å². The monoisotopic (exact) mass is 436 g/mol. The fourth-order valence-electron chi connectivity index (χ4n) is 3.70. The molecule has 0 aliphatic carbocycles. The van der Waals surface area contributed by atoms with Crippen LogP contribution in [0.1, 0.15) is 41.6 Å². The summed E-state index contributed by atoms with van der Waals surface area (Å²) in [4.78, 5) is 12.7. The second-order valence-electron chi connectivity index (χ2n) is 7.58. The van der Waals surface area contributed by atoms with Crippen LogP contribution < -0.4 is 5.32 Å². The third-order valence-corrected chi connectivity index (χ3v) is 6.21. The Morgan fingerprint density at radius 3 is 2.48 bits per heavy atom. The van der Waals surface area contributed by atoms with Crippen molar-refractivity contribution >= 4 is 35.0 Å². The van der Waals surface area contributed by atoms with E-state index >= 15 is 0 Å². The van der Waals surface area contributed by atoms with E-state index in [1.54, 1.807) is 0 Å². The topological polar surface area (TPSA) is 61.8 Å². The van der Waals surface area contributed by atoms with Crippen LogP contribution in [0.25, 0.3) is 0 Å². The lowest BCUT2D eigenvalue weighted by atomic mass is 9.99. The molecule has 5 nitrogen and oxygen atoms in total. The molecular formula is C22H26Cl2N2O3. The first kappa shape index (κ1) is 21.8. The van der Waals surface area contributed by atoms with E-state index in [1.807, 2.05) is 26.0 Å². The van der Waals surface area contributed by atoms with Crippen LogP contribution in [0.15, 0.2) is 30.3 Å². The molecule has 1 atom stereocenters. The zero-order valence-electron chi connectivity index (χ0n) is 16.8. The number of ether oxygens (including phenoxy) is 1. The summed E-state index contributed by atoms with van der Waals surface area (Å²) in [5, 5.41) is 13.8. The average Bonchev–Trinajstić information content (AvgIpc) is 2.64. The molecular weight excluding hydrogens is 411 g/mol. The standard InChI is InChI=1S/C22H26Cl2N2O3/c1-4-20(15-7-13(2)21(24)14(3)8-15)25-17-5-6-19(23)16(9-17)10-26-11-18(12-26)29-22(27)28/h5-9,18,20,25H,4,10-12H2,1-3H3,(H,27,28)/t20-/m1/s1. The molecule has 0 unspecified atom stereocenters. The Morgan fingerprint density at radius 2 is 1.90 bits per heavy atom. The van der Waals surface area contributed by atoms with E-state index in [2.05, 4.69) is 35.3 Å². The summed E-state index contributed by atoms with van der Waals surface area (Å²) < 4.78 is 4.77. The zero-order chi connectivity index (χ0) is 21.1. The van der Waals surface area contributed by atoms with E-state index in [9.17, 15) is 4.79 Å². The fraction of sp³-hybridized carbons (Fsp3) is 0.409. The summed E-state index contributed by atoms with van der Waals surface area (Å²) in [6.07, 6.45) is -0.552. The van der Waals surface area contributed by atoms with Crippen molar-refractivity contribution in [2.75, 3.05) is 18.4 Å². The van der Waals surface area contributed by atoms with Gasteiger partial charge in [0.25, 0.3) is 0 Å². The van der Waals surface area contributed by atoms with Gasteiger partial charge in [0.05, 0.1) is 6.04 Å². The highest BCUT2D eigenvalue weighted by molar-refractivity contribution is 6.32. The fourth-order valence-corrected chi connectivity index (χ4v) is 3.98. The van der Waals surface area contributed by atoms with E-state index in [-0.39, 0.29) is 12.1 Å². The van der Waals surface area contributed by atoms with Crippen LogP contribution in [0.3, 0.4) is 0 Å². The van der Waals surface area contributed by atoms with Gasteiger partial charge in [0.15, 0.2) is 0 Å². The molecule has 1 heterocycles. The average molecular weight is 437 g/mol. The van der Waals surface area contributed by atoms with Crippen LogP contribution in [0, 0.1) is 13.8 Å². The van der Waals surface area contributed by atoms with Gasteiger partial charge >= 0.3 is 6.16 Å². The van der Waals surface area contributed by atoms with Crippen molar-refractivity contribution in [3.63, 3.8) is 0 Å². The third-order valence-electron chi connectivity index (χ3n) is 5.24. The number of aryl methyl sites for hydroxylation is 2. The van der Waals surface area contributed by atoms with Crippen molar-refractivity contribution in [2.24, 2.45) is 0 Å². The van der Waals surface area contributed by atoms with Gasteiger partial charge in [-0.3, -0.25) is 4.90 Å². The van der Waals surface area contributed by atoms with Crippen molar-refractivity contribution in [1.82, 2.24) is 4.90 Å². The highest BCUT2D eigenvalue weighted by Crippen LogP contribution is 2.31. The first-order chi connectivity index (χ1) is 13.8. The van der Waals surface area contributed by atoms with Gasteiger partial charge in [-0.15, -0.1) is 0 Å². The zero-order valence-corrected chi connectivity index (χ0v) is 18.3. The molecule has 0 saturated carbocycles. The van der Waals surface area contributed by atoms with Crippen LogP contribution in [0.4, 0.5) is 10.5 Å². The molecule has 29 heavy (non-hydrogen) atoms. The lowest BCUT2D eigenvalue weighted by Crippen LogP contribution is -2.52. The quantitative estimate of drug-likeness (QED) is 0.516. The van der Waals surface area contributed by atoms with Gasteiger partial charge in [-0.1, -0.05) is 42.3 Å². The number of hydrogen-bond donors (Lipinski definition) is 2. The summed E-state index contributed by atoms with van der Waals surface area (Å²) in [6.45, 7) is 8.03. The first-order valence-corrected chi connectivity index (χ1v) is 10.5. The molecule has 1 fully saturated rings. The summed E-state index contributed by atoms with van der Waals surface area (Å²) in [5.74, 6) is 0. The highest BCUT2D eigenvalue weighted by Gasteiger charge is 2.30. The summed E-state index contributed by atoms with van der Waals surface area (Å²) in [6, 6.07) is 10.4. The van der Waals surface area contributed by atoms with Gasteiger partial charge in [0, 0.05) is 35.4 Å². The molecule has 1 aliphatic heterocycles. The molecule has 156 valence electrons. The molecule has 2 N–H and O–H groups in total. The number of carbonyl (C=O) groups is 1. The minimum absolute atomic E-state index is 0.163. The SMILES string of the molecule is CC[C@@H](Nc1ccc(Cl)c(CN2CC(OC(=O)O)C2)c1)c1cc(C)c(Cl)c(C)c1. The minimum atomic E-state index is -1.22. The van der Waals surface area contributed by atoms with E-state index in [1.165, 1.54) is 5.56 Å². The molecule has 3 rings (SSSR count). The Balaban J connectivity index is 1.69. The predicted octanol–water partition coefficient (Wildman–Crippen LogP) is 6.05. The molecule has 0 bridgehead atoms. The first-order valence-electron chi connectivity index (χ1n) is 9.70. The lowest BCUT2D eigenvalue weighted by molar-refractivity contribution is -0.0363. The molecule has 0 spiro atoms. The van der Waals surface area contributed by atoms with Gasteiger partial charge in [0.2, 0.25) is 0 Å². The number of rotatable bonds is 7. The van der Waals surface area contributed by atoms with Crippen molar-refractivity contribution < 1.29 is 14.6 Å². The molecule has 0 amide bonds. The van der Waals surface area contributed by atoms with Crippen molar-refractivity contribution in [3.05, 3.63) is 62.6 Å². The smallest absolute Gasteiger partial charge is 0.450 e. The Labute approximate surface area is 181 Å². The normalized spacial score (nSPS) is 15.6. The third kappa shape index (κ3) is 5.35.